The fourth-order valence-electron chi connectivity index (χ4n) is 2.04. The van der Waals surface area contributed by atoms with Crippen LogP contribution in [0.3, 0.4) is 0 Å². The number of hydrogen-bond donors (Lipinski definition) is 1. The smallest absolute Gasteiger partial charge is 0.139 e. The van der Waals surface area contributed by atoms with Crippen LogP contribution in [0.2, 0.25) is 5.02 Å². The van der Waals surface area contributed by atoms with Crippen molar-refractivity contribution in [3.8, 4) is 0 Å². The highest BCUT2D eigenvalue weighted by molar-refractivity contribution is 9.10. The number of rotatable bonds is 3. The fourth-order valence-corrected chi connectivity index (χ4v) is 2.49. The van der Waals surface area contributed by atoms with Crippen molar-refractivity contribution >= 4 is 39.4 Å². The summed E-state index contributed by atoms with van der Waals surface area (Å²) in [4.78, 5) is 4.35. The summed E-state index contributed by atoms with van der Waals surface area (Å²) in [6.07, 6.45) is 3.56. The summed E-state index contributed by atoms with van der Waals surface area (Å²) in [5.41, 5.74) is 5.57. The lowest BCUT2D eigenvalue weighted by Crippen LogP contribution is -2.05. The molecule has 0 saturated carbocycles. The zero-order chi connectivity index (χ0) is 15.4. The molecule has 110 valence electrons. The molecule has 2 aromatic rings. The first kappa shape index (κ1) is 14.9. The first-order chi connectivity index (χ1) is 10.7. The summed E-state index contributed by atoms with van der Waals surface area (Å²) < 4.78 is 1.03. The third-order valence-corrected chi connectivity index (χ3v) is 4.00. The van der Waals surface area contributed by atoms with Gasteiger partial charge in [-0.05, 0) is 35.9 Å². The molecule has 1 aliphatic rings. The summed E-state index contributed by atoms with van der Waals surface area (Å²) in [7, 11) is 0. The Kier molecular flexibility index (Phi) is 4.65. The van der Waals surface area contributed by atoms with E-state index in [1.807, 2.05) is 54.6 Å². The zero-order valence-corrected chi connectivity index (χ0v) is 13.8. The van der Waals surface area contributed by atoms with Gasteiger partial charge in [-0.3, -0.25) is 10.4 Å². The topological polar surface area (TPSA) is 49.1 Å². The van der Waals surface area contributed by atoms with Gasteiger partial charge in [-0.25, -0.2) is 0 Å². The van der Waals surface area contributed by atoms with E-state index in [2.05, 4.69) is 36.7 Å². The minimum absolute atomic E-state index is 0.134. The molecule has 1 N–H and O–H groups in total. The minimum Gasteiger partial charge on any atom is -0.262 e. The van der Waals surface area contributed by atoms with E-state index in [1.165, 1.54) is 0 Å². The fraction of sp³-hybridized carbons (Fsp3) is 0.0625. The molecular formula is C16H12BrClN4. The Bertz CT molecular complexity index is 753. The second-order valence-electron chi connectivity index (χ2n) is 4.63. The van der Waals surface area contributed by atoms with Crippen LogP contribution in [-0.2, 0) is 0 Å². The molecule has 6 heteroatoms. The normalized spacial score (nSPS) is 19.0. The van der Waals surface area contributed by atoms with E-state index < -0.39 is 0 Å². The molecule has 0 bridgehead atoms. The van der Waals surface area contributed by atoms with Gasteiger partial charge in [0.2, 0.25) is 0 Å². The first-order valence-electron chi connectivity index (χ1n) is 6.64. The van der Waals surface area contributed by atoms with E-state index in [4.69, 9.17) is 11.6 Å². The molecule has 0 aliphatic carbocycles. The van der Waals surface area contributed by atoms with E-state index >= 15 is 0 Å². The van der Waals surface area contributed by atoms with Gasteiger partial charge < -0.3 is 0 Å². The van der Waals surface area contributed by atoms with Crippen LogP contribution in [0, 0.1) is 0 Å². The van der Waals surface area contributed by atoms with Crippen molar-refractivity contribution in [3.63, 3.8) is 0 Å². The van der Waals surface area contributed by atoms with Crippen molar-refractivity contribution in [2.24, 2.45) is 15.3 Å². The Labute approximate surface area is 141 Å². The summed E-state index contributed by atoms with van der Waals surface area (Å²) in [6.45, 7) is 0. The summed E-state index contributed by atoms with van der Waals surface area (Å²) in [5.74, 6) is 0. The van der Waals surface area contributed by atoms with Crippen molar-refractivity contribution < 1.29 is 0 Å². The Morgan fingerprint density at radius 3 is 2.68 bits per heavy atom. The maximum Gasteiger partial charge on any atom is 0.139 e. The molecule has 0 unspecified atom stereocenters. The first-order valence-corrected chi connectivity index (χ1v) is 7.81. The quantitative estimate of drug-likeness (QED) is 0.717. The molecule has 2 aromatic carbocycles. The highest BCUT2D eigenvalue weighted by atomic mass is 79.9. The van der Waals surface area contributed by atoms with Crippen LogP contribution >= 0.6 is 27.5 Å². The Balaban J connectivity index is 1.79. The number of aliphatic imine (C=N–C) groups is 1. The lowest BCUT2D eigenvalue weighted by Gasteiger charge is -2.07. The van der Waals surface area contributed by atoms with E-state index in [0.29, 0.717) is 5.02 Å². The standard InChI is InChI=1S/C16H12BrClN4/c17-12-7-5-11(6-8-12)16-15(20-22-21-16)9-10-19-14-4-2-1-3-13(14)18/h1-10,16H,(H,20,21)/t16-/m0/s1. The van der Waals surface area contributed by atoms with Crippen LogP contribution in [0.15, 0.2) is 80.1 Å². The molecule has 0 amide bonds. The lowest BCUT2D eigenvalue weighted by molar-refractivity contribution is 0.859. The predicted molar refractivity (Wildman–Crippen MR) is 92.6 cm³/mol. The average Bonchev–Trinajstić information content (AvgIpc) is 2.98. The van der Waals surface area contributed by atoms with Crippen molar-refractivity contribution in [2.45, 2.75) is 6.04 Å². The average molecular weight is 376 g/mol. The van der Waals surface area contributed by atoms with E-state index in [0.717, 1.165) is 21.4 Å². The van der Waals surface area contributed by atoms with Crippen molar-refractivity contribution in [3.05, 3.63) is 75.4 Å². The van der Waals surface area contributed by atoms with Gasteiger partial charge in [0.1, 0.15) is 6.04 Å². The summed E-state index contributed by atoms with van der Waals surface area (Å²) in [6, 6.07) is 15.3. The number of nitrogens with zero attached hydrogens (tertiary/aromatic N) is 3. The molecule has 0 saturated heterocycles. The maximum absolute atomic E-state index is 6.07. The summed E-state index contributed by atoms with van der Waals surface area (Å²) in [5, 5.41) is 8.72. The van der Waals surface area contributed by atoms with Crippen LogP contribution < -0.4 is 5.43 Å². The Morgan fingerprint density at radius 2 is 1.91 bits per heavy atom. The van der Waals surface area contributed by atoms with Crippen LogP contribution in [0.1, 0.15) is 11.6 Å². The molecule has 4 nitrogen and oxygen atoms in total. The van der Waals surface area contributed by atoms with Crippen LogP contribution in [0.4, 0.5) is 5.69 Å². The highest BCUT2D eigenvalue weighted by Gasteiger charge is 2.20. The van der Waals surface area contributed by atoms with E-state index in [-0.39, 0.29) is 6.04 Å². The molecule has 1 aliphatic heterocycles. The van der Waals surface area contributed by atoms with Crippen molar-refractivity contribution in [1.29, 1.82) is 0 Å². The predicted octanol–water partition coefficient (Wildman–Crippen LogP) is 5.40. The SMILES string of the molecule is Clc1ccccc1N=CC=C1NN=N[C@H]1c1ccc(Br)cc1. The Morgan fingerprint density at radius 1 is 1.14 bits per heavy atom. The number of nitrogens with one attached hydrogen (secondary N) is 1. The zero-order valence-electron chi connectivity index (χ0n) is 11.4. The molecule has 1 atom stereocenters. The van der Waals surface area contributed by atoms with Gasteiger partial charge in [0, 0.05) is 10.7 Å². The molecule has 0 radical (unpaired) electrons. The number of para-hydroxylation sites is 1. The van der Waals surface area contributed by atoms with Gasteiger partial charge in [-0.1, -0.05) is 57.0 Å². The Hall–Kier alpha value is -1.98. The van der Waals surface area contributed by atoms with Crippen molar-refractivity contribution in [2.75, 3.05) is 0 Å². The second kappa shape index (κ2) is 6.85. The molecule has 3 rings (SSSR count). The maximum atomic E-state index is 6.07. The second-order valence-corrected chi connectivity index (χ2v) is 5.96. The van der Waals surface area contributed by atoms with Crippen molar-refractivity contribution in [1.82, 2.24) is 5.43 Å². The van der Waals surface area contributed by atoms with Gasteiger partial charge in [-0.15, -0.1) is 0 Å². The van der Waals surface area contributed by atoms with Gasteiger partial charge >= 0.3 is 0 Å². The van der Waals surface area contributed by atoms with Crippen LogP contribution in [0.25, 0.3) is 0 Å². The largest absolute Gasteiger partial charge is 0.262 e. The van der Waals surface area contributed by atoms with Gasteiger partial charge in [0.25, 0.3) is 0 Å². The molecule has 1 heterocycles. The molecule has 0 spiro atoms. The van der Waals surface area contributed by atoms with Gasteiger partial charge in [-0.2, -0.15) is 5.11 Å². The lowest BCUT2D eigenvalue weighted by atomic mass is 10.1. The number of benzene rings is 2. The number of allylic oxidation sites excluding steroid dienone is 1. The third kappa shape index (κ3) is 3.43. The molecule has 0 aromatic heterocycles. The highest BCUT2D eigenvalue weighted by Crippen LogP contribution is 2.29. The third-order valence-electron chi connectivity index (χ3n) is 3.15. The molecule has 0 fully saturated rings. The number of hydrogen-bond acceptors (Lipinski definition) is 4. The van der Waals surface area contributed by atoms with Crippen LogP contribution in [-0.4, -0.2) is 6.21 Å². The van der Waals surface area contributed by atoms with Gasteiger partial charge in [0.05, 0.1) is 16.4 Å². The van der Waals surface area contributed by atoms with Gasteiger partial charge in [0.15, 0.2) is 0 Å². The molecular weight excluding hydrogens is 364 g/mol. The molecule has 22 heavy (non-hydrogen) atoms. The van der Waals surface area contributed by atoms with Crippen LogP contribution in [0.5, 0.6) is 0 Å². The van der Waals surface area contributed by atoms with E-state index in [1.54, 1.807) is 6.21 Å². The summed E-state index contributed by atoms with van der Waals surface area (Å²) >= 11 is 9.49. The monoisotopic (exact) mass is 374 g/mol. The van der Waals surface area contributed by atoms with E-state index in [9.17, 15) is 0 Å². The minimum atomic E-state index is -0.134. The number of halogens is 2.